The molecule has 1 aliphatic heterocycles. The van der Waals surface area contributed by atoms with Crippen molar-refractivity contribution in [2.75, 3.05) is 20.1 Å². The second-order valence-corrected chi connectivity index (χ2v) is 9.28. The van der Waals surface area contributed by atoms with Crippen LogP contribution in [-0.4, -0.2) is 50.2 Å². The zero-order valence-electron chi connectivity index (χ0n) is 16.5. The van der Waals surface area contributed by atoms with Gasteiger partial charge in [-0.05, 0) is 26.8 Å². The monoisotopic (exact) mass is 417 g/mol. The first kappa shape index (κ1) is 19.5. The van der Waals surface area contributed by atoms with Crippen LogP contribution in [0.1, 0.15) is 66.3 Å². The number of likely N-dealkylation sites (tertiary alicyclic amines) is 1. The quantitative estimate of drug-likeness (QED) is 0.615. The lowest BCUT2D eigenvalue weighted by Crippen LogP contribution is -2.35. The van der Waals surface area contributed by atoms with E-state index in [2.05, 4.69) is 28.3 Å². The molecule has 1 aliphatic rings. The number of nitrogens with zero attached hydrogens (tertiary/aromatic N) is 5. The predicted octanol–water partition coefficient (Wildman–Crippen LogP) is 4.45. The van der Waals surface area contributed by atoms with Gasteiger partial charge in [-0.2, -0.15) is 0 Å². The van der Waals surface area contributed by atoms with Crippen LogP contribution in [-0.2, 0) is 6.54 Å². The molecular formula is C20H27N5OS2. The highest BCUT2D eigenvalue weighted by Gasteiger charge is 2.26. The molecule has 0 radical (unpaired) electrons. The van der Waals surface area contributed by atoms with Gasteiger partial charge >= 0.3 is 0 Å². The Hall–Kier alpha value is -1.77. The van der Waals surface area contributed by atoms with E-state index in [4.69, 9.17) is 4.98 Å². The molecule has 1 saturated heterocycles. The summed E-state index contributed by atoms with van der Waals surface area (Å²) >= 11 is 3.25. The number of amides is 1. The number of thiazole rings is 2. The first-order valence-corrected chi connectivity index (χ1v) is 11.7. The van der Waals surface area contributed by atoms with Gasteiger partial charge in [-0.3, -0.25) is 14.1 Å². The summed E-state index contributed by atoms with van der Waals surface area (Å²) in [6.07, 6.45) is 9.75. The second kappa shape index (κ2) is 8.71. The van der Waals surface area contributed by atoms with Crippen molar-refractivity contribution in [3.63, 3.8) is 0 Å². The van der Waals surface area contributed by atoms with E-state index in [1.54, 1.807) is 22.7 Å². The third kappa shape index (κ3) is 3.99. The van der Waals surface area contributed by atoms with Crippen LogP contribution in [0, 0.1) is 0 Å². The van der Waals surface area contributed by atoms with E-state index in [9.17, 15) is 4.79 Å². The molecule has 28 heavy (non-hydrogen) atoms. The molecule has 1 amide bonds. The van der Waals surface area contributed by atoms with Crippen LogP contribution in [0.2, 0.25) is 0 Å². The van der Waals surface area contributed by atoms with Crippen molar-refractivity contribution in [2.45, 2.75) is 51.6 Å². The molecule has 0 spiro atoms. The minimum atomic E-state index is 0.0862. The Balaban J connectivity index is 1.60. The van der Waals surface area contributed by atoms with E-state index in [0.29, 0.717) is 12.2 Å². The fraction of sp³-hybridized carbons (Fsp3) is 0.550. The van der Waals surface area contributed by atoms with E-state index < -0.39 is 0 Å². The molecule has 3 aromatic heterocycles. The molecule has 0 aromatic carbocycles. The fourth-order valence-electron chi connectivity index (χ4n) is 3.76. The number of hydrogen-bond donors (Lipinski definition) is 0. The van der Waals surface area contributed by atoms with Gasteiger partial charge in [0.1, 0.15) is 5.01 Å². The Morgan fingerprint density at radius 1 is 1.18 bits per heavy atom. The highest BCUT2D eigenvalue weighted by atomic mass is 32.1. The van der Waals surface area contributed by atoms with Crippen molar-refractivity contribution >= 4 is 33.5 Å². The maximum atomic E-state index is 13.4. The van der Waals surface area contributed by atoms with Gasteiger partial charge in [0, 0.05) is 42.8 Å². The van der Waals surface area contributed by atoms with Gasteiger partial charge in [0.05, 0.1) is 11.7 Å². The van der Waals surface area contributed by atoms with Crippen molar-refractivity contribution in [1.29, 1.82) is 0 Å². The summed E-state index contributed by atoms with van der Waals surface area (Å²) in [7, 11) is 2.09. The second-order valence-electron chi connectivity index (χ2n) is 7.48. The Kier molecular flexibility index (Phi) is 6.08. The van der Waals surface area contributed by atoms with Crippen LogP contribution in [0.15, 0.2) is 23.2 Å². The molecular weight excluding hydrogens is 390 g/mol. The lowest BCUT2D eigenvalue weighted by atomic mass is 10.1. The van der Waals surface area contributed by atoms with Gasteiger partial charge < -0.3 is 4.90 Å². The number of imidazole rings is 1. The topological polar surface area (TPSA) is 53.7 Å². The van der Waals surface area contributed by atoms with Crippen molar-refractivity contribution in [1.82, 2.24) is 24.2 Å². The normalized spacial score (nSPS) is 17.0. The first-order chi connectivity index (χ1) is 13.6. The summed E-state index contributed by atoms with van der Waals surface area (Å²) in [5, 5.41) is 5.12. The molecule has 4 rings (SSSR count). The third-order valence-corrected chi connectivity index (χ3v) is 7.28. The van der Waals surface area contributed by atoms with Crippen LogP contribution in [0.3, 0.4) is 0 Å². The molecule has 3 aromatic rings. The van der Waals surface area contributed by atoms with Crippen molar-refractivity contribution in [3.8, 4) is 0 Å². The Bertz CT molecular complexity index is 908. The molecule has 4 heterocycles. The summed E-state index contributed by atoms with van der Waals surface area (Å²) in [5.74, 6) is 0.0862. The number of hydrogen-bond acceptors (Lipinski definition) is 6. The molecule has 0 aliphatic carbocycles. The van der Waals surface area contributed by atoms with Crippen LogP contribution in [0.25, 0.3) is 4.96 Å². The minimum absolute atomic E-state index is 0.0862. The fourth-order valence-corrected chi connectivity index (χ4v) is 5.25. The molecule has 1 unspecified atom stereocenters. The Morgan fingerprint density at radius 3 is 2.64 bits per heavy atom. The molecule has 8 heteroatoms. The van der Waals surface area contributed by atoms with E-state index in [-0.39, 0.29) is 11.9 Å². The Morgan fingerprint density at radius 2 is 1.93 bits per heavy atom. The van der Waals surface area contributed by atoms with Gasteiger partial charge in [-0.15, -0.1) is 22.7 Å². The average molecular weight is 418 g/mol. The van der Waals surface area contributed by atoms with Gasteiger partial charge in [0.2, 0.25) is 0 Å². The molecule has 150 valence electrons. The maximum absolute atomic E-state index is 13.4. The van der Waals surface area contributed by atoms with Gasteiger partial charge in [0.15, 0.2) is 10.7 Å². The number of rotatable bonds is 5. The van der Waals surface area contributed by atoms with E-state index in [0.717, 1.165) is 41.6 Å². The van der Waals surface area contributed by atoms with Crippen LogP contribution in [0.5, 0.6) is 0 Å². The summed E-state index contributed by atoms with van der Waals surface area (Å²) in [4.78, 5) is 27.7. The van der Waals surface area contributed by atoms with Crippen LogP contribution in [0.4, 0.5) is 0 Å². The summed E-state index contributed by atoms with van der Waals surface area (Å²) < 4.78 is 2.08. The molecule has 1 fully saturated rings. The van der Waals surface area contributed by atoms with Gasteiger partial charge in [0.25, 0.3) is 5.91 Å². The Labute approximate surface area is 173 Å². The van der Waals surface area contributed by atoms with E-state index in [1.165, 1.54) is 19.3 Å². The van der Waals surface area contributed by atoms with E-state index in [1.807, 2.05) is 28.1 Å². The van der Waals surface area contributed by atoms with E-state index >= 15 is 0 Å². The highest BCUT2D eigenvalue weighted by Crippen LogP contribution is 2.26. The molecule has 1 atom stereocenters. The minimum Gasteiger partial charge on any atom is -0.337 e. The zero-order chi connectivity index (χ0) is 19.5. The summed E-state index contributed by atoms with van der Waals surface area (Å²) in [6.45, 7) is 4.50. The first-order valence-electron chi connectivity index (χ1n) is 9.98. The lowest BCUT2D eigenvalue weighted by Gasteiger charge is -2.26. The maximum Gasteiger partial charge on any atom is 0.274 e. The standard InChI is InChI=1S/C20H27N5OS2/c1-15(18-21-8-12-27-18)23(2)14-16-17(22-20-25(16)11-13-28-20)19(26)24-9-6-4-3-5-7-10-24/h8,11-13,15H,3-7,9-10,14H2,1-2H3. The van der Waals surface area contributed by atoms with Crippen LogP contribution < -0.4 is 0 Å². The average Bonchev–Trinajstić information content (AvgIpc) is 3.39. The summed E-state index contributed by atoms with van der Waals surface area (Å²) in [5.41, 5.74) is 1.60. The smallest absolute Gasteiger partial charge is 0.274 e. The van der Waals surface area contributed by atoms with Gasteiger partial charge in [-0.25, -0.2) is 9.97 Å². The van der Waals surface area contributed by atoms with Crippen molar-refractivity contribution in [3.05, 3.63) is 39.5 Å². The largest absolute Gasteiger partial charge is 0.337 e. The SMILES string of the molecule is CC(c1nccs1)N(C)Cc1c(C(=O)N2CCCCCCC2)nc2sccn12. The lowest BCUT2D eigenvalue weighted by molar-refractivity contribution is 0.0734. The summed E-state index contributed by atoms with van der Waals surface area (Å²) in [6, 6.07) is 0.189. The number of carbonyl (C=O) groups excluding carboxylic acids is 1. The number of aromatic nitrogens is 3. The van der Waals surface area contributed by atoms with Gasteiger partial charge in [-0.1, -0.05) is 19.3 Å². The van der Waals surface area contributed by atoms with Crippen molar-refractivity contribution < 1.29 is 4.79 Å². The molecule has 0 N–H and O–H groups in total. The molecule has 6 nitrogen and oxygen atoms in total. The predicted molar refractivity (Wildman–Crippen MR) is 114 cm³/mol. The number of fused-ring (bicyclic) bond motifs is 1. The van der Waals surface area contributed by atoms with Crippen molar-refractivity contribution in [2.24, 2.45) is 0 Å². The highest BCUT2D eigenvalue weighted by molar-refractivity contribution is 7.15. The molecule has 0 bridgehead atoms. The zero-order valence-corrected chi connectivity index (χ0v) is 18.1. The molecule has 0 saturated carbocycles. The third-order valence-electron chi connectivity index (χ3n) is 5.58. The number of carbonyl (C=O) groups is 1. The van der Waals surface area contributed by atoms with Crippen LogP contribution >= 0.6 is 22.7 Å².